The maximum atomic E-state index is 13.9. The first kappa shape index (κ1) is 16.4. The molecular weight excluding hydrogens is 291 g/mol. The highest BCUT2D eigenvalue weighted by Gasteiger charge is 2.41. The van der Waals surface area contributed by atoms with Crippen molar-refractivity contribution in [1.29, 1.82) is 0 Å². The fourth-order valence-corrected chi connectivity index (χ4v) is 3.91. The van der Waals surface area contributed by atoms with E-state index in [9.17, 15) is 12.8 Å². The molecular formula is C15H23FN2O2S. The smallest absolute Gasteiger partial charge is 0.240 e. The van der Waals surface area contributed by atoms with Gasteiger partial charge in [0.05, 0.1) is 4.90 Å². The molecule has 1 aromatic carbocycles. The highest BCUT2D eigenvalue weighted by atomic mass is 32.2. The third kappa shape index (κ3) is 3.62. The van der Waals surface area contributed by atoms with Crippen molar-refractivity contribution in [3.05, 3.63) is 29.1 Å². The van der Waals surface area contributed by atoms with Crippen LogP contribution in [-0.2, 0) is 16.6 Å². The van der Waals surface area contributed by atoms with E-state index < -0.39 is 15.8 Å². The number of hydrogen-bond donors (Lipinski definition) is 2. The highest BCUT2D eigenvalue weighted by Crippen LogP contribution is 2.48. The zero-order valence-electron chi connectivity index (χ0n) is 12.8. The minimum Gasteiger partial charge on any atom is -0.316 e. The molecule has 0 heterocycles. The SMILES string of the molecule is CCC1(CNS(=O)(=O)c2cc(CNC)cc(F)c2C)CC1. The molecule has 0 radical (unpaired) electrons. The van der Waals surface area contributed by atoms with Crippen LogP contribution in [0.2, 0.25) is 0 Å². The summed E-state index contributed by atoms with van der Waals surface area (Å²) >= 11 is 0. The first-order chi connectivity index (χ1) is 9.83. The number of halogens is 1. The van der Waals surface area contributed by atoms with Crippen LogP contribution >= 0.6 is 0 Å². The van der Waals surface area contributed by atoms with Gasteiger partial charge in [0, 0.05) is 18.7 Å². The van der Waals surface area contributed by atoms with Crippen molar-refractivity contribution in [2.45, 2.75) is 44.6 Å². The summed E-state index contributed by atoms with van der Waals surface area (Å²) in [6, 6.07) is 2.92. The summed E-state index contributed by atoms with van der Waals surface area (Å²) < 4.78 is 41.5. The van der Waals surface area contributed by atoms with Crippen LogP contribution in [0.15, 0.2) is 17.0 Å². The Morgan fingerprint density at radius 3 is 2.52 bits per heavy atom. The Hall–Kier alpha value is -0.980. The van der Waals surface area contributed by atoms with Crippen LogP contribution < -0.4 is 10.0 Å². The summed E-state index contributed by atoms with van der Waals surface area (Å²) in [6.07, 6.45) is 3.07. The Kier molecular flexibility index (Phi) is 4.70. The van der Waals surface area contributed by atoms with Gasteiger partial charge < -0.3 is 5.32 Å². The van der Waals surface area contributed by atoms with Gasteiger partial charge in [0.2, 0.25) is 10.0 Å². The fourth-order valence-electron chi connectivity index (χ4n) is 2.45. The van der Waals surface area contributed by atoms with Gasteiger partial charge in [-0.3, -0.25) is 0 Å². The average Bonchev–Trinajstić information content (AvgIpc) is 3.21. The second kappa shape index (κ2) is 6.02. The number of nitrogens with one attached hydrogen (secondary N) is 2. The van der Waals surface area contributed by atoms with Crippen LogP contribution in [0.4, 0.5) is 4.39 Å². The lowest BCUT2D eigenvalue weighted by Gasteiger charge is -2.16. The molecule has 0 bridgehead atoms. The highest BCUT2D eigenvalue weighted by molar-refractivity contribution is 7.89. The van der Waals surface area contributed by atoms with Gasteiger partial charge in [-0.2, -0.15) is 0 Å². The molecule has 21 heavy (non-hydrogen) atoms. The van der Waals surface area contributed by atoms with Crippen molar-refractivity contribution in [2.24, 2.45) is 5.41 Å². The predicted octanol–water partition coefficient (Wildman–Crippen LogP) is 2.32. The molecule has 2 rings (SSSR count). The Morgan fingerprint density at radius 2 is 2.00 bits per heavy atom. The Morgan fingerprint density at radius 1 is 1.33 bits per heavy atom. The summed E-state index contributed by atoms with van der Waals surface area (Å²) in [7, 11) is -1.94. The molecule has 1 fully saturated rings. The summed E-state index contributed by atoms with van der Waals surface area (Å²) in [5.41, 5.74) is 0.906. The van der Waals surface area contributed by atoms with Gasteiger partial charge in [-0.25, -0.2) is 17.5 Å². The molecule has 0 aliphatic heterocycles. The number of benzene rings is 1. The third-order valence-corrected chi connectivity index (χ3v) is 5.90. The van der Waals surface area contributed by atoms with Gasteiger partial charge in [0.15, 0.2) is 0 Å². The zero-order chi connectivity index (χ0) is 15.7. The Labute approximate surface area is 126 Å². The molecule has 1 aromatic rings. The quantitative estimate of drug-likeness (QED) is 0.812. The van der Waals surface area contributed by atoms with Crippen molar-refractivity contribution in [3.63, 3.8) is 0 Å². The molecule has 0 unspecified atom stereocenters. The van der Waals surface area contributed by atoms with E-state index in [1.54, 1.807) is 13.1 Å². The van der Waals surface area contributed by atoms with Crippen LogP contribution in [0, 0.1) is 18.2 Å². The van der Waals surface area contributed by atoms with Crippen molar-refractivity contribution in [2.75, 3.05) is 13.6 Å². The summed E-state index contributed by atoms with van der Waals surface area (Å²) in [4.78, 5) is 0.0413. The molecule has 1 saturated carbocycles. The van der Waals surface area contributed by atoms with Gasteiger partial charge in [-0.15, -0.1) is 0 Å². The number of sulfonamides is 1. The molecule has 4 nitrogen and oxygen atoms in total. The van der Waals surface area contributed by atoms with E-state index in [-0.39, 0.29) is 15.9 Å². The van der Waals surface area contributed by atoms with E-state index in [1.807, 2.05) is 0 Å². The molecule has 1 aliphatic rings. The number of rotatable bonds is 7. The fraction of sp³-hybridized carbons (Fsp3) is 0.600. The van der Waals surface area contributed by atoms with Gasteiger partial charge in [0.1, 0.15) is 5.82 Å². The van der Waals surface area contributed by atoms with Crippen molar-refractivity contribution in [3.8, 4) is 0 Å². The standard InChI is InChI=1S/C15H23FN2O2S/c1-4-15(5-6-15)10-18-21(19,20)14-8-12(9-17-3)7-13(16)11(14)2/h7-8,17-18H,4-6,9-10H2,1-3H3. The number of hydrogen-bond acceptors (Lipinski definition) is 3. The molecule has 2 N–H and O–H groups in total. The van der Waals surface area contributed by atoms with E-state index in [2.05, 4.69) is 17.0 Å². The molecule has 0 amide bonds. The molecule has 1 aliphatic carbocycles. The van der Waals surface area contributed by atoms with Crippen LogP contribution in [-0.4, -0.2) is 22.0 Å². The molecule has 0 saturated heterocycles. The summed E-state index contributed by atoms with van der Waals surface area (Å²) in [6.45, 7) is 4.43. The summed E-state index contributed by atoms with van der Waals surface area (Å²) in [5, 5.41) is 2.90. The van der Waals surface area contributed by atoms with Crippen molar-refractivity contribution < 1.29 is 12.8 Å². The predicted molar refractivity (Wildman–Crippen MR) is 81.0 cm³/mol. The molecule has 6 heteroatoms. The monoisotopic (exact) mass is 314 g/mol. The Bertz CT molecular complexity index is 625. The van der Waals surface area contributed by atoms with E-state index in [0.29, 0.717) is 18.7 Å². The van der Waals surface area contributed by atoms with E-state index >= 15 is 0 Å². The Balaban J connectivity index is 2.26. The maximum absolute atomic E-state index is 13.9. The van der Waals surface area contributed by atoms with Crippen LogP contribution in [0.1, 0.15) is 37.3 Å². The van der Waals surface area contributed by atoms with E-state index in [0.717, 1.165) is 19.3 Å². The van der Waals surface area contributed by atoms with Gasteiger partial charge >= 0.3 is 0 Å². The molecule has 0 atom stereocenters. The van der Waals surface area contributed by atoms with E-state index in [1.165, 1.54) is 13.0 Å². The van der Waals surface area contributed by atoms with Crippen LogP contribution in [0.25, 0.3) is 0 Å². The average molecular weight is 314 g/mol. The van der Waals surface area contributed by atoms with Gasteiger partial charge in [0.25, 0.3) is 0 Å². The minimum atomic E-state index is -3.68. The first-order valence-electron chi connectivity index (χ1n) is 7.27. The maximum Gasteiger partial charge on any atom is 0.240 e. The van der Waals surface area contributed by atoms with Gasteiger partial charge in [-0.1, -0.05) is 6.92 Å². The lowest BCUT2D eigenvalue weighted by Crippen LogP contribution is -2.31. The molecule has 0 aromatic heterocycles. The largest absolute Gasteiger partial charge is 0.316 e. The van der Waals surface area contributed by atoms with E-state index in [4.69, 9.17) is 0 Å². The minimum absolute atomic E-state index is 0.0413. The summed E-state index contributed by atoms with van der Waals surface area (Å²) in [5.74, 6) is -0.486. The molecule has 118 valence electrons. The lowest BCUT2D eigenvalue weighted by atomic mass is 10.1. The topological polar surface area (TPSA) is 58.2 Å². The van der Waals surface area contributed by atoms with Gasteiger partial charge in [-0.05, 0) is 56.3 Å². The third-order valence-electron chi connectivity index (χ3n) is 4.37. The zero-order valence-corrected chi connectivity index (χ0v) is 13.6. The van der Waals surface area contributed by atoms with Crippen molar-refractivity contribution >= 4 is 10.0 Å². The van der Waals surface area contributed by atoms with Crippen LogP contribution in [0.5, 0.6) is 0 Å². The van der Waals surface area contributed by atoms with Crippen LogP contribution in [0.3, 0.4) is 0 Å². The first-order valence-corrected chi connectivity index (χ1v) is 8.75. The second-order valence-corrected chi connectivity index (χ2v) is 7.64. The second-order valence-electron chi connectivity index (χ2n) is 5.91. The molecule has 0 spiro atoms. The van der Waals surface area contributed by atoms with Crippen molar-refractivity contribution in [1.82, 2.24) is 10.0 Å². The normalized spacial score (nSPS) is 17.0. The lowest BCUT2D eigenvalue weighted by molar-refractivity contribution is 0.475.